The number of aromatic nitrogens is 3. The number of aryl methyl sites for hydroxylation is 1. The minimum Gasteiger partial charge on any atom is -0.346 e. The molecule has 0 bridgehead atoms. The molecular weight excluding hydrogens is 321 g/mol. The number of rotatable bonds is 7. The van der Waals surface area contributed by atoms with Crippen molar-refractivity contribution in [1.82, 2.24) is 20.1 Å². The quantitative estimate of drug-likeness (QED) is 0.743. The predicted octanol–water partition coefficient (Wildman–Crippen LogP) is 1.28. The maximum absolute atomic E-state index is 12.8. The van der Waals surface area contributed by atoms with Gasteiger partial charge in [0.05, 0.1) is 12.3 Å². The van der Waals surface area contributed by atoms with Gasteiger partial charge in [0.2, 0.25) is 11.8 Å². The van der Waals surface area contributed by atoms with Crippen LogP contribution >= 0.6 is 11.8 Å². The van der Waals surface area contributed by atoms with E-state index in [1.807, 2.05) is 11.5 Å². The van der Waals surface area contributed by atoms with Gasteiger partial charge in [-0.15, -0.1) is 10.2 Å². The van der Waals surface area contributed by atoms with Crippen molar-refractivity contribution in [3.8, 4) is 0 Å². The van der Waals surface area contributed by atoms with E-state index in [1.54, 1.807) is 6.33 Å². The zero-order valence-corrected chi connectivity index (χ0v) is 13.3. The van der Waals surface area contributed by atoms with Crippen LogP contribution in [0.5, 0.6) is 0 Å². The lowest BCUT2D eigenvalue weighted by Gasteiger charge is -2.07. The van der Waals surface area contributed by atoms with Gasteiger partial charge in [-0.05, 0) is 31.2 Å². The van der Waals surface area contributed by atoms with Gasteiger partial charge in [-0.1, -0.05) is 11.8 Å². The van der Waals surface area contributed by atoms with Crippen molar-refractivity contribution in [2.75, 3.05) is 17.6 Å². The molecule has 2 aromatic rings. The van der Waals surface area contributed by atoms with E-state index < -0.39 is 0 Å². The molecule has 0 fully saturated rings. The van der Waals surface area contributed by atoms with Crippen LogP contribution in [0.1, 0.15) is 6.92 Å². The van der Waals surface area contributed by atoms with Crippen molar-refractivity contribution in [3.63, 3.8) is 0 Å². The minimum atomic E-state index is -0.383. The van der Waals surface area contributed by atoms with Crippen molar-refractivity contribution in [2.24, 2.45) is 0 Å². The molecule has 1 aromatic heterocycles. The summed E-state index contributed by atoms with van der Waals surface area (Å²) in [6.07, 6.45) is 1.59. The van der Waals surface area contributed by atoms with Gasteiger partial charge in [0.15, 0.2) is 5.16 Å². The van der Waals surface area contributed by atoms with E-state index in [2.05, 4.69) is 20.8 Å². The van der Waals surface area contributed by atoms with E-state index in [1.165, 1.54) is 36.0 Å². The van der Waals surface area contributed by atoms with Gasteiger partial charge in [0.1, 0.15) is 12.1 Å². The van der Waals surface area contributed by atoms with E-state index >= 15 is 0 Å². The number of hydrogen-bond donors (Lipinski definition) is 2. The first-order valence-corrected chi connectivity index (χ1v) is 7.89. The average molecular weight is 337 g/mol. The lowest BCUT2D eigenvalue weighted by Crippen LogP contribution is -2.33. The molecule has 0 saturated heterocycles. The van der Waals surface area contributed by atoms with Crippen molar-refractivity contribution in [1.29, 1.82) is 0 Å². The summed E-state index contributed by atoms with van der Waals surface area (Å²) in [5.74, 6) is -0.905. The van der Waals surface area contributed by atoms with Gasteiger partial charge < -0.3 is 15.2 Å². The SMILES string of the molecule is CCn1cnnc1SCC(=O)NCC(=O)Nc1ccc(F)cc1. The number of hydrogen-bond acceptors (Lipinski definition) is 5. The van der Waals surface area contributed by atoms with Gasteiger partial charge in [-0.3, -0.25) is 9.59 Å². The Morgan fingerprint density at radius 2 is 2.00 bits per heavy atom. The van der Waals surface area contributed by atoms with Crippen LogP contribution in [0.25, 0.3) is 0 Å². The van der Waals surface area contributed by atoms with E-state index in [9.17, 15) is 14.0 Å². The Morgan fingerprint density at radius 3 is 2.70 bits per heavy atom. The molecule has 0 spiro atoms. The van der Waals surface area contributed by atoms with Crippen LogP contribution in [0, 0.1) is 5.82 Å². The largest absolute Gasteiger partial charge is 0.346 e. The maximum atomic E-state index is 12.8. The number of nitrogens with zero attached hydrogens (tertiary/aromatic N) is 3. The standard InChI is InChI=1S/C14H16FN5O2S/c1-2-20-9-17-19-14(20)23-8-13(22)16-7-12(21)18-11-5-3-10(15)4-6-11/h3-6,9H,2,7-8H2,1H3,(H,16,22)(H,18,21). The van der Waals surface area contributed by atoms with Crippen molar-refractivity contribution >= 4 is 29.3 Å². The summed E-state index contributed by atoms with van der Waals surface area (Å²) in [7, 11) is 0. The van der Waals surface area contributed by atoms with Crippen LogP contribution in [0.3, 0.4) is 0 Å². The highest BCUT2D eigenvalue weighted by atomic mass is 32.2. The molecule has 1 aromatic carbocycles. The number of amides is 2. The minimum absolute atomic E-state index is 0.141. The molecule has 7 nitrogen and oxygen atoms in total. The third kappa shape index (κ3) is 5.37. The number of halogens is 1. The van der Waals surface area contributed by atoms with E-state index in [4.69, 9.17) is 0 Å². The van der Waals surface area contributed by atoms with E-state index in [-0.39, 0.29) is 29.9 Å². The molecule has 23 heavy (non-hydrogen) atoms. The Labute approximate surface area is 136 Å². The fourth-order valence-corrected chi connectivity index (χ4v) is 2.48. The fourth-order valence-electron chi connectivity index (χ4n) is 1.67. The Morgan fingerprint density at radius 1 is 1.26 bits per heavy atom. The van der Waals surface area contributed by atoms with Gasteiger partial charge in [-0.25, -0.2) is 4.39 Å². The molecule has 2 rings (SSSR count). The Kier molecular flexibility index (Phi) is 6.10. The monoisotopic (exact) mass is 337 g/mol. The number of nitrogens with one attached hydrogen (secondary N) is 2. The van der Waals surface area contributed by atoms with Crippen LogP contribution in [0.4, 0.5) is 10.1 Å². The summed E-state index contributed by atoms with van der Waals surface area (Å²) in [6, 6.07) is 5.38. The Hall–Kier alpha value is -2.42. The molecule has 0 unspecified atom stereocenters. The molecular formula is C14H16FN5O2S. The molecule has 2 N–H and O–H groups in total. The second-order valence-corrected chi connectivity index (χ2v) is 5.46. The smallest absolute Gasteiger partial charge is 0.243 e. The third-order valence-corrected chi connectivity index (χ3v) is 3.81. The normalized spacial score (nSPS) is 10.3. The first kappa shape index (κ1) is 16.9. The van der Waals surface area contributed by atoms with Crippen molar-refractivity contribution < 1.29 is 14.0 Å². The summed E-state index contributed by atoms with van der Waals surface area (Å²) >= 11 is 1.25. The summed E-state index contributed by atoms with van der Waals surface area (Å²) in [5, 5.41) is 13.4. The second-order valence-electron chi connectivity index (χ2n) is 4.52. The maximum Gasteiger partial charge on any atom is 0.243 e. The Balaban J connectivity index is 1.71. The van der Waals surface area contributed by atoms with Gasteiger partial charge in [0.25, 0.3) is 0 Å². The van der Waals surface area contributed by atoms with Gasteiger partial charge in [-0.2, -0.15) is 0 Å². The summed E-state index contributed by atoms with van der Waals surface area (Å²) in [5.41, 5.74) is 0.469. The number of benzene rings is 1. The van der Waals surface area contributed by atoms with Crippen LogP contribution < -0.4 is 10.6 Å². The van der Waals surface area contributed by atoms with E-state index in [0.717, 1.165) is 6.54 Å². The predicted molar refractivity (Wildman–Crippen MR) is 84.5 cm³/mol. The van der Waals surface area contributed by atoms with E-state index in [0.29, 0.717) is 10.8 Å². The first-order valence-electron chi connectivity index (χ1n) is 6.91. The molecule has 0 aliphatic rings. The topological polar surface area (TPSA) is 88.9 Å². The van der Waals surface area contributed by atoms with Crippen LogP contribution in [-0.2, 0) is 16.1 Å². The number of thioether (sulfide) groups is 1. The van der Waals surface area contributed by atoms with Crippen LogP contribution in [0.2, 0.25) is 0 Å². The molecule has 122 valence electrons. The second kappa shape index (κ2) is 8.28. The zero-order chi connectivity index (χ0) is 16.7. The molecule has 0 atom stereocenters. The Bertz CT molecular complexity index is 674. The molecule has 0 saturated carbocycles. The van der Waals surface area contributed by atoms with Crippen LogP contribution in [0.15, 0.2) is 35.7 Å². The molecule has 0 aliphatic carbocycles. The van der Waals surface area contributed by atoms with Crippen molar-refractivity contribution in [2.45, 2.75) is 18.6 Å². The van der Waals surface area contributed by atoms with Crippen LogP contribution in [-0.4, -0.2) is 38.9 Å². The first-order chi connectivity index (χ1) is 11.1. The molecule has 9 heteroatoms. The molecule has 0 radical (unpaired) electrons. The summed E-state index contributed by atoms with van der Waals surface area (Å²) in [6.45, 7) is 2.52. The lowest BCUT2D eigenvalue weighted by atomic mass is 10.3. The van der Waals surface area contributed by atoms with Gasteiger partial charge >= 0.3 is 0 Å². The lowest BCUT2D eigenvalue weighted by molar-refractivity contribution is -0.122. The summed E-state index contributed by atoms with van der Waals surface area (Å²) in [4.78, 5) is 23.4. The molecule has 1 heterocycles. The molecule has 2 amide bonds. The third-order valence-electron chi connectivity index (χ3n) is 2.83. The zero-order valence-electron chi connectivity index (χ0n) is 12.5. The van der Waals surface area contributed by atoms with Crippen molar-refractivity contribution in [3.05, 3.63) is 36.4 Å². The average Bonchev–Trinajstić information content (AvgIpc) is 3.00. The number of carbonyl (C=O) groups is 2. The highest BCUT2D eigenvalue weighted by Crippen LogP contribution is 2.13. The highest BCUT2D eigenvalue weighted by Gasteiger charge is 2.09. The fraction of sp³-hybridized carbons (Fsp3) is 0.286. The van der Waals surface area contributed by atoms with Gasteiger partial charge in [0, 0.05) is 12.2 Å². The molecule has 0 aliphatic heterocycles. The highest BCUT2D eigenvalue weighted by molar-refractivity contribution is 7.99. The number of carbonyl (C=O) groups excluding carboxylic acids is 2. The summed E-state index contributed by atoms with van der Waals surface area (Å²) < 4.78 is 14.6. The number of anilines is 1.